The topological polar surface area (TPSA) is 15.3 Å². The fourth-order valence-electron chi connectivity index (χ4n) is 0.701. The van der Waals surface area contributed by atoms with Crippen molar-refractivity contribution in [3.8, 4) is 0 Å². The third-order valence-corrected chi connectivity index (χ3v) is 1.54. The molecule has 0 spiro atoms. The molecule has 0 aliphatic rings. The van der Waals surface area contributed by atoms with Crippen molar-refractivity contribution < 1.29 is 0 Å². The van der Waals surface area contributed by atoms with Crippen LogP contribution in [0.15, 0.2) is 24.7 Å². The van der Waals surface area contributed by atoms with E-state index in [0.717, 1.165) is 5.70 Å². The number of nitrogens with zero attached hydrogens (tertiary/aromatic N) is 1. The quantitative estimate of drug-likeness (QED) is 0.665. The molecule has 0 aliphatic heterocycles. The van der Waals surface area contributed by atoms with Crippen LogP contribution in [0, 0.1) is 0 Å². The maximum Gasteiger partial charge on any atom is 0.0274 e. The van der Waals surface area contributed by atoms with Crippen LogP contribution in [0.2, 0.25) is 0 Å². The summed E-state index contributed by atoms with van der Waals surface area (Å²) < 4.78 is 0. The zero-order chi connectivity index (χ0) is 8.85. The molecule has 0 saturated heterocycles. The van der Waals surface area contributed by atoms with E-state index < -0.39 is 0 Å². The standard InChI is InChI=1S/C9H18N2/c1-6-11(8(2)3)7-9(4)10-5/h6-8,10H,1H2,2-5H3/b9-7+. The number of allylic oxidation sites excluding steroid dienone is 1. The van der Waals surface area contributed by atoms with Gasteiger partial charge in [0.1, 0.15) is 0 Å². The average Bonchev–Trinajstić information content (AvgIpc) is 1.99. The van der Waals surface area contributed by atoms with Crippen molar-refractivity contribution >= 4 is 0 Å². The summed E-state index contributed by atoms with van der Waals surface area (Å²) in [5.74, 6) is 0. The first-order valence-electron chi connectivity index (χ1n) is 3.88. The Balaban J connectivity index is 4.17. The second-order valence-corrected chi connectivity index (χ2v) is 2.79. The molecule has 0 aromatic heterocycles. The lowest BCUT2D eigenvalue weighted by Crippen LogP contribution is -2.20. The van der Waals surface area contributed by atoms with Crippen molar-refractivity contribution in [1.29, 1.82) is 0 Å². The first-order valence-corrected chi connectivity index (χ1v) is 3.88. The van der Waals surface area contributed by atoms with Gasteiger partial charge in [-0.3, -0.25) is 0 Å². The summed E-state index contributed by atoms with van der Waals surface area (Å²) in [4.78, 5) is 2.06. The van der Waals surface area contributed by atoms with E-state index in [4.69, 9.17) is 0 Å². The molecule has 0 aliphatic carbocycles. The second-order valence-electron chi connectivity index (χ2n) is 2.79. The molecule has 2 heteroatoms. The number of rotatable bonds is 4. The van der Waals surface area contributed by atoms with Gasteiger partial charge in [-0.05, 0) is 27.0 Å². The molecule has 0 unspecified atom stereocenters. The SMILES string of the molecule is C=CN(/C=C(\C)NC)C(C)C. The van der Waals surface area contributed by atoms with Crippen molar-refractivity contribution in [3.05, 3.63) is 24.7 Å². The molecule has 1 N–H and O–H groups in total. The molecule has 11 heavy (non-hydrogen) atoms. The minimum atomic E-state index is 0.468. The van der Waals surface area contributed by atoms with Gasteiger partial charge in [0, 0.05) is 25.0 Å². The van der Waals surface area contributed by atoms with E-state index in [0.29, 0.717) is 6.04 Å². The minimum absolute atomic E-state index is 0.468. The van der Waals surface area contributed by atoms with Gasteiger partial charge < -0.3 is 10.2 Å². The molecule has 0 aromatic rings. The first-order chi connectivity index (χ1) is 5.11. The Hall–Kier alpha value is -0.920. The first kappa shape index (κ1) is 10.1. The lowest BCUT2D eigenvalue weighted by molar-refractivity contribution is 0.413. The fraction of sp³-hybridized carbons (Fsp3) is 0.556. The summed E-state index contributed by atoms with van der Waals surface area (Å²) in [5, 5.41) is 3.06. The Kier molecular flexibility index (Phi) is 4.42. The molecule has 0 radical (unpaired) electrons. The lowest BCUT2D eigenvalue weighted by atomic mass is 10.3. The van der Waals surface area contributed by atoms with Crippen LogP contribution in [-0.4, -0.2) is 18.0 Å². The summed E-state index contributed by atoms with van der Waals surface area (Å²) in [6.45, 7) is 10.0. The molecule has 0 bridgehead atoms. The van der Waals surface area contributed by atoms with Gasteiger partial charge in [0.2, 0.25) is 0 Å². The Morgan fingerprint density at radius 2 is 2.09 bits per heavy atom. The van der Waals surface area contributed by atoms with E-state index in [1.54, 1.807) is 0 Å². The van der Waals surface area contributed by atoms with Gasteiger partial charge in [0.05, 0.1) is 0 Å². The highest BCUT2D eigenvalue weighted by Gasteiger charge is 1.98. The van der Waals surface area contributed by atoms with Crippen LogP contribution in [-0.2, 0) is 0 Å². The molecule has 0 heterocycles. The zero-order valence-electron chi connectivity index (χ0n) is 7.89. The van der Waals surface area contributed by atoms with E-state index in [-0.39, 0.29) is 0 Å². The van der Waals surface area contributed by atoms with Crippen LogP contribution in [0.1, 0.15) is 20.8 Å². The van der Waals surface area contributed by atoms with Crippen molar-refractivity contribution in [2.45, 2.75) is 26.8 Å². The summed E-state index contributed by atoms with van der Waals surface area (Å²) in [6, 6.07) is 0.468. The van der Waals surface area contributed by atoms with E-state index in [2.05, 4.69) is 30.6 Å². The van der Waals surface area contributed by atoms with E-state index in [1.165, 1.54) is 0 Å². The molecular weight excluding hydrogens is 136 g/mol. The van der Waals surface area contributed by atoms with Crippen LogP contribution in [0.3, 0.4) is 0 Å². The minimum Gasteiger partial charge on any atom is -0.390 e. The Bertz CT molecular complexity index is 148. The third-order valence-electron chi connectivity index (χ3n) is 1.54. The summed E-state index contributed by atoms with van der Waals surface area (Å²) >= 11 is 0. The summed E-state index contributed by atoms with van der Waals surface area (Å²) in [7, 11) is 1.91. The number of nitrogens with one attached hydrogen (secondary N) is 1. The largest absolute Gasteiger partial charge is 0.390 e. The normalized spacial score (nSPS) is 11.5. The smallest absolute Gasteiger partial charge is 0.0274 e. The molecule has 2 nitrogen and oxygen atoms in total. The van der Waals surface area contributed by atoms with Crippen LogP contribution >= 0.6 is 0 Å². The van der Waals surface area contributed by atoms with E-state index >= 15 is 0 Å². The van der Waals surface area contributed by atoms with Gasteiger partial charge in [-0.15, -0.1) is 0 Å². The molecule has 64 valence electrons. The zero-order valence-corrected chi connectivity index (χ0v) is 7.89. The van der Waals surface area contributed by atoms with Crippen molar-refractivity contribution in [3.63, 3.8) is 0 Å². The maximum absolute atomic E-state index is 3.72. The third kappa shape index (κ3) is 3.71. The molecule has 0 fully saturated rings. The molecule has 0 aromatic carbocycles. The molecular formula is C9H18N2. The highest BCUT2D eigenvalue weighted by Crippen LogP contribution is 2.00. The predicted molar refractivity (Wildman–Crippen MR) is 50.0 cm³/mol. The van der Waals surface area contributed by atoms with Crippen LogP contribution in [0.5, 0.6) is 0 Å². The van der Waals surface area contributed by atoms with Gasteiger partial charge in [-0.1, -0.05) is 6.58 Å². The Labute approximate surface area is 69.6 Å². The van der Waals surface area contributed by atoms with E-state index in [1.807, 2.05) is 26.4 Å². The highest BCUT2D eigenvalue weighted by atomic mass is 15.1. The Morgan fingerprint density at radius 1 is 1.55 bits per heavy atom. The lowest BCUT2D eigenvalue weighted by Gasteiger charge is -2.20. The average molecular weight is 154 g/mol. The van der Waals surface area contributed by atoms with E-state index in [9.17, 15) is 0 Å². The van der Waals surface area contributed by atoms with Gasteiger partial charge in [0.15, 0.2) is 0 Å². The molecule has 0 atom stereocenters. The highest BCUT2D eigenvalue weighted by molar-refractivity contribution is 4.97. The summed E-state index contributed by atoms with van der Waals surface area (Å²) in [5.41, 5.74) is 1.14. The van der Waals surface area contributed by atoms with Crippen molar-refractivity contribution in [2.75, 3.05) is 7.05 Å². The number of hydrogen-bond donors (Lipinski definition) is 1. The second kappa shape index (κ2) is 4.83. The summed E-state index contributed by atoms with van der Waals surface area (Å²) in [6.07, 6.45) is 3.86. The van der Waals surface area contributed by atoms with Crippen LogP contribution in [0.25, 0.3) is 0 Å². The fourth-order valence-corrected chi connectivity index (χ4v) is 0.701. The Morgan fingerprint density at radius 3 is 2.36 bits per heavy atom. The molecule has 0 saturated carbocycles. The molecule has 0 rings (SSSR count). The number of hydrogen-bond acceptors (Lipinski definition) is 2. The van der Waals surface area contributed by atoms with Gasteiger partial charge in [0.25, 0.3) is 0 Å². The van der Waals surface area contributed by atoms with Gasteiger partial charge in [-0.2, -0.15) is 0 Å². The maximum atomic E-state index is 3.72. The van der Waals surface area contributed by atoms with Gasteiger partial charge in [-0.25, -0.2) is 0 Å². The monoisotopic (exact) mass is 154 g/mol. The van der Waals surface area contributed by atoms with Crippen molar-refractivity contribution in [2.24, 2.45) is 0 Å². The predicted octanol–water partition coefficient (Wildman–Crippen LogP) is 1.92. The van der Waals surface area contributed by atoms with Gasteiger partial charge >= 0.3 is 0 Å². The van der Waals surface area contributed by atoms with Crippen molar-refractivity contribution in [1.82, 2.24) is 10.2 Å². The van der Waals surface area contributed by atoms with Crippen LogP contribution < -0.4 is 5.32 Å². The van der Waals surface area contributed by atoms with Crippen LogP contribution in [0.4, 0.5) is 0 Å². The molecule has 0 amide bonds.